The van der Waals surface area contributed by atoms with Gasteiger partial charge in [0, 0.05) is 22.3 Å². The van der Waals surface area contributed by atoms with E-state index in [-0.39, 0.29) is 16.6 Å². The molecule has 0 radical (unpaired) electrons. The quantitative estimate of drug-likeness (QED) is 0.677. The average Bonchev–Trinajstić information content (AvgIpc) is 2.70. The number of fused-ring (bicyclic) bond motifs is 2. The number of hydrogen-bond acceptors (Lipinski definition) is 3. The van der Waals surface area contributed by atoms with Crippen molar-refractivity contribution in [3.8, 4) is 0 Å². The molecule has 1 heterocycles. The highest BCUT2D eigenvalue weighted by molar-refractivity contribution is 7.99. The Balaban J connectivity index is 1.87. The minimum absolute atomic E-state index is 0.00238. The van der Waals surface area contributed by atoms with E-state index in [4.69, 9.17) is 4.99 Å². The zero-order valence-corrected chi connectivity index (χ0v) is 14.8. The van der Waals surface area contributed by atoms with Gasteiger partial charge in [0.2, 0.25) is 0 Å². The van der Waals surface area contributed by atoms with E-state index in [1.807, 2.05) is 12.1 Å². The molecule has 1 saturated carbocycles. The summed E-state index contributed by atoms with van der Waals surface area (Å²) in [5.74, 6) is 0.219. The molecule has 24 heavy (non-hydrogen) atoms. The van der Waals surface area contributed by atoms with Crippen molar-refractivity contribution in [3.63, 3.8) is 0 Å². The second kappa shape index (κ2) is 5.89. The van der Waals surface area contributed by atoms with Crippen LogP contribution in [0.15, 0.2) is 64.5 Å². The maximum absolute atomic E-state index is 13.0. The first kappa shape index (κ1) is 15.6. The number of nitrogens with zero attached hydrogens (tertiary/aromatic N) is 1. The van der Waals surface area contributed by atoms with Crippen molar-refractivity contribution < 1.29 is 4.79 Å². The van der Waals surface area contributed by atoms with Crippen molar-refractivity contribution in [2.24, 2.45) is 16.3 Å². The van der Waals surface area contributed by atoms with Crippen LogP contribution in [0.3, 0.4) is 0 Å². The molecule has 0 spiro atoms. The van der Waals surface area contributed by atoms with E-state index < -0.39 is 0 Å². The van der Waals surface area contributed by atoms with E-state index in [0.29, 0.717) is 12.2 Å². The maximum Gasteiger partial charge on any atom is 0.143 e. The summed E-state index contributed by atoms with van der Waals surface area (Å²) in [6.45, 7) is 4.34. The minimum Gasteiger partial charge on any atom is -0.299 e. The van der Waals surface area contributed by atoms with Crippen molar-refractivity contribution in [2.45, 2.75) is 36.8 Å². The summed E-state index contributed by atoms with van der Waals surface area (Å²) in [6.07, 6.45) is 1.53. The average molecular weight is 335 g/mol. The highest BCUT2D eigenvalue weighted by Crippen LogP contribution is 2.51. The standard InChI is InChI=1S/C21H21NOS/c1-21(2)12-16-19(17(23)13-21)20(14-8-4-3-5-9-14)24-18-11-7-6-10-15(18)22-16/h3-11,19-20H,12-13H2,1-2H3/t19-,20+/m1/s1. The maximum atomic E-state index is 13.0. The zero-order valence-electron chi connectivity index (χ0n) is 14.0. The minimum atomic E-state index is -0.113. The van der Waals surface area contributed by atoms with Gasteiger partial charge >= 0.3 is 0 Å². The van der Waals surface area contributed by atoms with E-state index in [1.165, 1.54) is 10.5 Å². The van der Waals surface area contributed by atoms with Crippen LogP contribution in [-0.4, -0.2) is 11.5 Å². The van der Waals surface area contributed by atoms with E-state index in [2.05, 4.69) is 56.3 Å². The number of para-hydroxylation sites is 1. The zero-order chi connectivity index (χ0) is 16.7. The fraction of sp³-hybridized carbons (Fsp3) is 0.333. The van der Waals surface area contributed by atoms with Crippen LogP contribution in [0.1, 0.15) is 37.5 Å². The van der Waals surface area contributed by atoms with Crippen molar-refractivity contribution in [1.82, 2.24) is 0 Å². The molecule has 0 aromatic heterocycles. The largest absolute Gasteiger partial charge is 0.299 e. The van der Waals surface area contributed by atoms with Gasteiger partial charge in [-0.25, -0.2) is 0 Å². The Morgan fingerprint density at radius 2 is 1.71 bits per heavy atom. The van der Waals surface area contributed by atoms with Crippen LogP contribution in [0.5, 0.6) is 0 Å². The lowest BCUT2D eigenvalue weighted by molar-refractivity contribution is -0.123. The fourth-order valence-corrected chi connectivity index (χ4v) is 5.20. The third-order valence-electron chi connectivity index (χ3n) is 4.83. The molecule has 2 atom stereocenters. The van der Waals surface area contributed by atoms with Crippen LogP contribution >= 0.6 is 11.8 Å². The summed E-state index contributed by atoms with van der Waals surface area (Å²) >= 11 is 1.79. The highest BCUT2D eigenvalue weighted by Gasteiger charge is 2.44. The van der Waals surface area contributed by atoms with Crippen LogP contribution in [0.4, 0.5) is 5.69 Å². The number of ketones is 1. The Morgan fingerprint density at radius 1 is 1.00 bits per heavy atom. The van der Waals surface area contributed by atoms with Gasteiger partial charge in [-0.05, 0) is 29.5 Å². The lowest BCUT2D eigenvalue weighted by atomic mass is 9.69. The summed E-state index contributed by atoms with van der Waals surface area (Å²) in [7, 11) is 0. The third-order valence-corrected chi connectivity index (χ3v) is 6.23. The van der Waals surface area contributed by atoms with Gasteiger partial charge in [0.05, 0.1) is 11.6 Å². The molecular weight excluding hydrogens is 314 g/mol. The number of carbonyl (C=O) groups is 1. The van der Waals surface area contributed by atoms with Crippen molar-refractivity contribution in [2.75, 3.05) is 0 Å². The second-order valence-corrected chi connectivity index (χ2v) is 8.67. The topological polar surface area (TPSA) is 29.4 Å². The monoisotopic (exact) mass is 335 g/mol. The molecule has 1 aliphatic heterocycles. The van der Waals surface area contributed by atoms with Crippen LogP contribution in [0, 0.1) is 11.3 Å². The molecule has 0 unspecified atom stereocenters. The SMILES string of the molecule is CC1(C)CC(=O)[C@H]2C(=Nc3ccccc3S[C@H]2c2ccccc2)C1. The first-order valence-corrected chi connectivity index (χ1v) is 9.32. The van der Waals surface area contributed by atoms with E-state index in [0.717, 1.165) is 17.8 Å². The van der Waals surface area contributed by atoms with Crippen molar-refractivity contribution >= 4 is 28.9 Å². The van der Waals surface area contributed by atoms with E-state index in [1.54, 1.807) is 11.8 Å². The van der Waals surface area contributed by atoms with E-state index in [9.17, 15) is 4.79 Å². The Hall–Kier alpha value is -1.87. The number of aliphatic imine (C=N–C) groups is 1. The van der Waals surface area contributed by atoms with Crippen LogP contribution in [0.2, 0.25) is 0 Å². The first-order valence-electron chi connectivity index (χ1n) is 8.44. The molecule has 2 aromatic rings. The number of thioether (sulfide) groups is 1. The Morgan fingerprint density at radius 3 is 2.50 bits per heavy atom. The first-order chi connectivity index (χ1) is 11.5. The van der Waals surface area contributed by atoms with Gasteiger partial charge in [-0.1, -0.05) is 56.3 Å². The number of Topliss-reactive ketones (excluding diaryl/α,β-unsaturated/α-hetero) is 1. The predicted octanol–water partition coefficient (Wildman–Crippen LogP) is 5.61. The molecule has 0 amide bonds. The molecule has 0 saturated heterocycles. The molecule has 2 aliphatic rings. The summed E-state index contributed by atoms with van der Waals surface area (Å²) in [5.41, 5.74) is 3.27. The molecule has 1 aliphatic carbocycles. The summed E-state index contributed by atoms with van der Waals surface area (Å²) in [6, 6.07) is 18.7. The van der Waals surface area contributed by atoms with Crippen molar-refractivity contribution in [1.29, 1.82) is 0 Å². The van der Waals surface area contributed by atoms with Crippen LogP contribution in [0.25, 0.3) is 0 Å². The van der Waals surface area contributed by atoms with Gasteiger partial charge in [-0.2, -0.15) is 0 Å². The van der Waals surface area contributed by atoms with Gasteiger partial charge in [0.1, 0.15) is 5.78 Å². The van der Waals surface area contributed by atoms with Crippen LogP contribution < -0.4 is 0 Å². The van der Waals surface area contributed by atoms with Gasteiger partial charge in [-0.15, -0.1) is 11.8 Å². The van der Waals surface area contributed by atoms with Gasteiger partial charge in [0.15, 0.2) is 0 Å². The smallest absolute Gasteiger partial charge is 0.143 e. The number of rotatable bonds is 1. The highest BCUT2D eigenvalue weighted by atomic mass is 32.2. The molecule has 2 aromatic carbocycles. The number of benzene rings is 2. The van der Waals surface area contributed by atoms with Gasteiger partial charge < -0.3 is 0 Å². The fourth-order valence-electron chi connectivity index (χ4n) is 3.79. The Kier molecular flexibility index (Phi) is 3.84. The summed E-state index contributed by atoms with van der Waals surface area (Å²) < 4.78 is 0. The second-order valence-electron chi connectivity index (χ2n) is 7.48. The Bertz CT molecular complexity index is 810. The molecule has 4 rings (SSSR count). The molecule has 122 valence electrons. The molecule has 1 fully saturated rings. The molecule has 3 heteroatoms. The van der Waals surface area contributed by atoms with Gasteiger partial charge in [-0.3, -0.25) is 9.79 Å². The lowest BCUT2D eigenvalue weighted by Gasteiger charge is -2.37. The number of carbonyl (C=O) groups excluding carboxylic acids is 1. The molecule has 0 bridgehead atoms. The van der Waals surface area contributed by atoms with Gasteiger partial charge in [0.25, 0.3) is 0 Å². The molecular formula is C21H21NOS. The normalized spacial score (nSPS) is 25.2. The third kappa shape index (κ3) is 2.82. The Labute approximate surface area is 147 Å². The van der Waals surface area contributed by atoms with E-state index >= 15 is 0 Å². The predicted molar refractivity (Wildman–Crippen MR) is 100 cm³/mol. The summed E-state index contributed by atoms with van der Waals surface area (Å²) in [5, 5.41) is 0.109. The molecule has 0 N–H and O–H groups in total. The lowest BCUT2D eigenvalue weighted by Crippen LogP contribution is -2.39. The summed E-state index contributed by atoms with van der Waals surface area (Å²) in [4.78, 5) is 19.2. The van der Waals surface area contributed by atoms with Crippen LogP contribution in [-0.2, 0) is 4.79 Å². The molecule has 2 nitrogen and oxygen atoms in total. The number of hydrogen-bond donors (Lipinski definition) is 0. The van der Waals surface area contributed by atoms with Crippen molar-refractivity contribution in [3.05, 3.63) is 60.2 Å².